The predicted octanol–water partition coefficient (Wildman–Crippen LogP) is 3.57. The number of hydrogen-bond donors (Lipinski definition) is 2. The molecular formula is C19H21NO2. The van der Waals surface area contributed by atoms with Crippen LogP contribution in [-0.2, 0) is 4.79 Å². The fourth-order valence-electron chi connectivity index (χ4n) is 2.28. The second kappa shape index (κ2) is 8.80. The number of carboxylic acids is 1. The zero-order chi connectivity index (χ0) is 15.6. The molecule has 0 saturated heterocycles. The molecule has 0 atom stereocenters. The van der Waals surface area contributed by atoms with Crippen LogP contribution in [0, 0.1) is 0 Å². The summed E-state index contributed by atoms with van der Waals surface area (Å²) in [5.74, 6) is -0.766. The van der Waals surface area contributed by atoms with Gasteiger partial charge in [-0.1, -0.05) is 66.7 Å². The van der Waals surface area contributed by atoms with Gasteiger partial charge in [-0.05, 0) is 29.7 Å². The Morgan fingerprint density at radius 2 is 1.45 bits per heavy atom. The summed E-state index contributed by atoms with van der Waals surface area (Å²) >= 11 is 0. The fraction of sp³-hybridized carbons (Fsp3) is 0.211. The van der Waals surface area contributed by atoms with Crippen LogP contribution in [0.3, 0.4) is 0 Å². The highest BCUT2D eigenvalue weighted by atomic mass is 16.4. The highest BCUT2D eigenvalue weighted by Gasteiger charge is 2.03. The zero-order valence-corrected chi connectivity index (χ0v) is 12.5. The first-order chi connectivity index (χ1) is 10.8. The van der Waals surface area contributed by atoms with Crippen LogP contribution in [0.25, 0.3) is 5.57 Å². The topological polar surface area (TPSA) is 49.3 Å². The average molecular weight is 295 g/mol. The molecule has 2 rings (SSSR count). The molecule has 0 aliphatic rings. The summed E-state index contributed by atoms with van der Waals surface area (Å²) in [7, 11) is 0. The van der Waals surface area contributed by atoms with Crippen molar-refractivity contribution in [3.8, 4) is 0 Å². The first-order valence-corrected chi connectivity index (χ1v) is 7.51. The molecule has 0 aliphatic heterocycles. The fourth-order valence-corrected chi connectivity index (χ4v) is 2.28. The molecule has 0 heterocycles. The molecule has 0 spiro atoms. The molecule has 0 bridgehead atoms. The third-order valence-electron chi connectivity index (χ3n) is 3.35. The summed E-state index contributed by atoms with van der Waals surface area (Å²) in [5, 5.41) is 11.8. The lowest BCUT2D eigenvalue weighted by Crippen LogP contribution is -2.18. The first-order valence-electron chi connectivity index (χ1n) is 7.51. The van der Waals surface area contributed by atoms with Gasteiger partial charge in [-0.15, -0.1) is 0 Å². The number of rotatable bonds is 8. The van der Waals surface area contributed by atoms with Crippen molar-refractivity contribution in [3.63, 3.8) is 0 Å². The van der Waals surface area contributed by atoms with E-state index in [4.69, 9.17) is 5.11 Å². The van der Waals surface area contributed by atoms with Crippen LogP contribution >= 0.6 is 0 Å². The van der Waals surface area contributed by atoms with Crippen LogP contribution in [0.2, 0.25) is 0 Å². The molecule has 3 nitrogen and oxygen atoms in total. The molecular weight excluding hydrogens is 274 g/mol. The van der Waals surface area contributed by atoms with Crippen molar-refractivity contribution in [3.05, 3.63) is 77.9 Å². The van der Waals surface area contributed by atoms with Gasteiger partial charge >= 0.3 is 5.97 Å². The summed E-state index contributed by atoms with van der Waals surface area (Å²) in [4.78, 5) is 10.5. The Labute approximate surface area is 131 Å². The molecule has 22 heavy (non-hydrogen) atoms. The van der Waals surface area contributed by atoms with Gasteiger partial charge in [0.25, 0.3) is 0 Å². The number of hydrogen-bond acceptors (Lipinski definition) is 2. The Hall–Kier alpha value is -2.39. The van der Waals surface area contributed by atoms with Crippen molar-refractivity contribution in [2.45, 2.75) is 12.8 Å². The summed E-state index contributed by atoms with van der Waals surface area (Å²) in [6.45, 7) is 1.28. The van der Waals surface area contributed by atoms with E-state index in [2.05, 4.69) is 35.7 Å². The highest BCUT2D eigenvalue weighted by molar-refractivity contribution is 5.79. The summed E-state index contributed by atoms with van der Waals surface area (Å²) in [6, 6.07) is 20.6. The first kappa shape index (κ1) is 16.0. The lowest BCUT2D eigenvalue weighted by atomic mass is 9.97. The van der Waals surface area contributed by atoms with Crippen molar-refractivity contribution < 1.29 is 9.90 Å². The van der Waals surface area contributed by atoms with Gasteiger partial charge in [0, 0.05) is 6.54 Å². The molecule has 3 heteroatoms. The van der Waals surface area contributed by atoms with Crippen LogP contribution in [0.1, 0.15) is 24.0 Å². The van der Waals surface area contributed by atoms with E-state index in [9.17, 15) is 4.79 Å². The van der Waals surface area contributed by atoms with E-state index in [0.717, 1.165) is 13.0 Å². The van der Waals surface area contributed by atoms with Crippen LogP contribution in [0.15, 0.2) is 66.7 Å². The minimum atomic E-state index is -0.766. The maximum Gasteiger partial charge on any atom is 0.304 e. The molecule has 0 aromatic heterocycles. The molecule has 2 aromatic carbocycles. The molecule has 2 N–H and O–H groups in total. The molecule has 0 radical (unpaired) electrons. The van der Waals surface area contributed by atoms with Gasteiger partial charge < -0.3 is 10.4 Å². The van der Waals surface area contributed by atoms with Gasteiger partial charge in [0.05, 0.1) is 6.42 Å². The number of carbonyl (C=O) groups is 1. The maximum atomic E-state index is 10.5. The van der Waals surface area contributed by atoms with E-state index in [1.54, 1.807) is 0 Å². The van der Waals surface area contributed by atoms with Gasteiger partial charge in [-0.3, -0.25) is 4.79 Å². The van der Waals surface area contributed by atoms with Crippen LogP contribution in [0.4, 0.5) is 0 Å². The second-order valence-electron chi connectivity index (χ2n) is 5.03. The molecule has 0 aliphatic carbocycles. The molecule has 114 valence electrons. The van der Waals surface area contributed by atoms with Gasteiger partial charge in [-0.2, -0.15) is 0 Å². The second-order valence-corrected chi connectivity index (χ2v) is 5.03. The Morgan fingerprint density at radius 3 is 1.95 bits per heavy atom. The van der Waals surface area contributed by atoms with E-state index in [-0.39, 0.29) is 6.42 Å². The lowest BCUT2D eigenvalue weighted by molar-refractivity contribution is -0.136. The smallest absolute Gasteiger partial charge is 0.304 e. The Morgan fingerprint density at radius 1 is 0.909 bits per heavy atom. The quantitative estimate of drug-likeness (QED) is 0.732. The normalized spacial score (nSPS) is 10.2. The van der Waals surface area contributed by atoms with Crippen molar-refractivity contribution in [1.82, 2.24) is 5.32 Å². The Bertz CT molecular complexity index is 564. The van der Waals surface area contributed by atoms with Crippen LogP contribution < -0.4 is 5.32 Å². The van der Waals surface area contributed by atoms with Crippen molar-refractivity contribution in [1.29, 1.82) is 0 Å². The van der Waals surface area contributed by atoms with E-state index < -0.39 is 5.97 Å². The average Bonchev–Trinajstić information content (AvgIpc) is 2.55. The monoisotopic (exact) mass is 295 g/mol. The number of aliphatic carboxylic acids is 1. The lowest BCUT2D eigenvalue weighted by Gasteiger charge is -2.09. The third kappa shape index (κ3) is 5.19. The predicted molar refractivity (Wildman–Crippen MR) is 89.7 cm³/mol. The van der Waals surface area contributed by atoms with E-state index >= 15 is 0 Å². The standard InChI is InChI=1S/C19H21NO2/c21-19(22)13-15-20-14-7-12-18(16-8-3-1-4-9-16)17-10-5-2-6-11-17/h1-6,8-12,20H,7,13-15H2,(H,21,22). The SMILES string of the molecule is O=C(O)CCNCCC=C(c1ccccc1)c1ccccc1. The van der Waals surface area contributed by atoms with Gasteiger partial charge in [0.2, 0.25) is 0 Å². The summed E-state index contributed by atoms with van der Waals surface area (Å²) in [6.07, 6.45) is 3.23. The van der Waals surface area contributed by atoms with E-state index in [1.807, 2.05) is 36.4 Å². The third-order valence-corrected chi connectivity index (χ3v) is 3.35. The minimum Gasteiger partial charge on any atom is -0.481 e. The Balaban J connectivity index is 2.02. The molecule has 0 saturated carbocycles. The largest absolute Gasteiger partial charge is 0.481 e. The molecule has 0 amide bonds. The van der Waals surface area contributed by atoms with Crippen molar-refractivity contribution >= 4 is 11.5 Å². The molecule has 0 fully saturated rings. The van der Waals surface area contributed by atoms with Crippen molar-refractivity contribution in [2.24, 2.45) is 0 Å². The van der Waals surface area contributed by atoms with E-state index in [1.165, 1.54) is 16.7 Å². The van der Waals surface area contributed by atoms with Gasteiger partial charge in [0.15, 0.2) is 0 Å². The number of benzene rings is 2. The maximum absolute atomic E-state index is 10.5. The van der Waals surface area contributed by atoms with Crippen LogP contribution in [0.5, 0.6) is 0 Å². The Kier molecular flexibility index (Phi) is 6.39. The number of nitrogens with one attached hydrogen (secondary N) is 1. The molecule has 0 unspecified atom stereocenters. The highest BCUT2D eigenvalue weighted by Crippen LogP contribution is 2.23. The van der Waals surface area contributed by atoms with Crippen molar-refractivity contribution in [2.75, 3.05) is 13.1 Å². The molecule has 2 aromatic rings. The zero-order valence-electron chi connectivity index (χ0n) is 12.5. The summed E-state index contributed by atoms with van der Waals surface area (Å²) in [5.41, 5.74) is 3.60. The van der Waals surface area contributed by atoms with Crippen LogP contribution in [-0.4, -0.2) is 24.2 Å². The minimum absolute atomic E-state index is 0.161. The van der Waals surface area contributed by atoms with Gasteiger partial charge in [-0.25, -0.2) is 0 Å². The summed E-state index contributed by atoms with van der Waals surface area (Å²) < 4.78 is 0. The van der Waals surface area contributed by atoms with Gasteiger partial charge in [0.1, 0.15) is 0 Å². The van der Waals surface area contributed by atoms with E-state index in [0.29, 0.717) is 6.54 Å². The number of carboxylic acid groups (broad SMARTS) is 1.